The molecule has 124 valence electrons. The highest BCUT2D eigenvalue weighted by Gasteiger charge is 2.42. The summed E-state index contributed by atoms with van der Waals surface area (Å²) in [5, 5.41) is 3.38. The minimum atomic E-state index is -4.35. The van der Waals surface area contributed by atoms with Crippen LogP contribution in [0.2, 0.25) is 0 Å². The van der Waals surface area contributed by atoms with Crippen molar-refractivity contribution in [2.45, 2.75) is 24.6 Å². The molecule has 0 radical (unpaired) electrons. The molecule has 4 rings (SSSR count). The predicted molar refractivity (Wildman–Crippen MR) is 91.9 cm³/mol. The highest BCUT2D eigenvalue weighted by molar-refractivity contribution is 9.10. The monoisotopic (exact) mass is 393 g/mol. The number of rotatable bonds is 1. The van der Waals surface area contributed by atoms with Gasteiger partial charge in [-0.05, 0) is 51.5 Å². The Morgan fingerprint density at radius 3 is 2.54 bits per heavy atom. The van der Waals surface area contributed by atoms with Gasteiger partial charge in [0.1, 0.15) is 0 Å². The SMILES string of the molecule is FC(F)(F)c1ccccc1[C@@H]1Nc2c(Br)cccc2[C@H]2C=CC[C@H]21. The molecule has 0 bridgehead atoms. The van der Waals surface area contributed by atoms with Crippen molar-refractivity contribution in [3.8, 4) is 0 Å². The minimum Gasteiger partial charge on any atom is -0.377 e. The number of nitrogens with one attached hydrogen (secondary N) is 1. The molecule has 3 atom stereocenters. The van der Waals surface area contributed by atoms with Gasteiger partial charge >= 0.3 is 6.18 Å². The van der Waals surface area contributed by atoms with E-state index < -0.39 is 11.7 Å². The van der Waals surface area contributed by atoms with Gasteiger partial charge in [0.2, 0.25) is 0 Å². The molecule has 0 saturated heterocycles. The lowest BCUT2D eigenvalue weighted by Gasteiger charge is -2.38. The third kappa shape index (κ3) is 2.46. The third-order valence-corrected chi connectivity index (χ3v) is 5.61. The van der Waals surface area contributed by atoms with Crippen LogP contribution in [0, 0.1) is 5.92 Å². The van der Waals surface area contributed by atoms with Crippen LogP contribution in [-0.4, -0.2) is 0 Å². The van der Waals surface area contributed by atoms with Crippen molar-refractivity contribution in [1.82, 2.24) is 0 Å². The van der Waals surface area contributed by atoms with Gasteiger partial charge in [0.05, 0.1) is 17.3 Å². The standard InChI is InChI=1S/C19H15BrF3N/c20-16-10-4-8-13-11-6-3-7-12(11)17(24-18(13)16)14-5-1-2-9-15(14)19(21,22)23/h1-6,8-12,17,24H,7H2/t11-,12+,17+/m0/s1. The molecular formula is C19H15BrF3N. The van der Waals surface area contributed by atoms with E-state index in [1.807, 2.05) is 18.2 Å². The summed E-state index contributed by atoms with van der Waals surface area (Å²) in [6, 6.07) is 11.5. The molecule has 2 aromatic carbocycles. The zero-order valence-electron chi connectivity index (χ0n) is 12.6. The van der Waals surface area contributed by atoms with Crippen LogP contribution in [0.4, 0.5) is 18.9 Å². The maximum absolute atomic E-state index is 13.5. The number of fused-ring (bicyclic) bond motifs is 3. The first-order chi connectivity index (χ1) is 11.5. The summed E-state index contributed by atoms with van der Waals surface area (Å²) in [5.74, 6) is 0.236. The van der Waals surface area contributed by atoms with Gasteiger partial charge in [-0.15, -0.1) is 0 Å². The first-order valence-corrected chi connectivity index (χ1v) is 8.64. The molecule has 0 fully saturated rings. The molecule has 1 heterocycles. The summed E-state index contributed by atoms with van der Waals surface area (Å²) in [5.41, 5.74) is 1.81. The molecule has 0 saturated carbocycles. The van der Waals surface area contributed by atoms with Crippen LogP contribution in [-0.2, 0) is 6.18 Å². The van der Waals surface area contributed by atoms with E-state index in [1.54, 1.807) is 12.1 Å². The van der Waals surface area contributed by atoms with Crippen molar-refractivity contribution >= 4 is 21.6 Å². The Hall–Kier alpha value is -1.75. The Balaban J connectivity index is 1.85. The van der Waals surface area contributed by atoms with E-state index in [4.69, 9.17) is 0 Å². The number of benzene rings is 2. The molecular weight excluding hydrogens is 379 g/mol. The molecule has 5 heteroatoms. The van der Waals surface area contributed by atoms with Crippen LogP contribution in [0.3, 0.4) is 0 Å². The van der Waals surface area contributed by atoms with Gasteiger partial charge in [0.25, 0.3) is 0 Å². The fourth-order valence-corrected chi connectivity index (χ4v) is 4.41. The molecule has 0 amide bonds. The van der Waals surface area contributed by atoms with Crippen molar-refractivity contribution < 1.29 is 13.2 Å². The smallest absolute Gasteiger partial charge is 0.377 e. The molecule has 1 aliphatic carbocycles. The Bertz CT molecular complexity index is 812. The topological polar surface area (TPSA) is 12.0 Å². The number of hydrogen-bond acceptors (Lipinski definition) is 1. The molecule has 0 spiro atoms. The zero-order chi connectivity index (χ0) is 16.9. The summed E-state index contributed by atoms with van der Waals surface area (Å²) < 4.78 is 41.3. The van der Waals surface area contributed by atoms with E-state index >= 15 is 0 Å². The maximum Gasteiger partial charge on any atom is 0.416 e. The average Bonchev–Trinajstić information content (AvgIpc) is 3.04. The lowest BCUT2D eigenvalue weighted by atomic mass is 9.76. The molecule has 1 nitrogen and oxygen atoms in total. The normalized spacial score (nSPS) is 25.1. The number of alkyl halides is 3. The van der Waals surface area contributed by atoms with Gasteiger partial charge in [-0.2, -0.15) is 13.2 Å². The van der Waals surface area contributed by atoms with E-state index in [1.165, 1.54) is 12.1 Å². The van der Waals surface area contributed by atoms with Crippen LogP contribution < -0.4 is 5.32 Å². The Morgan fingerprint density at radius 2 is 1.75 bits per heavy atom. The predicted octanol–water partition coefficient (Wildman–Crippen LogP) is 6.29. The van der Waals surface area contributed by atoms with Crippen molar-refractivity contribution in [2.75, 3.05) is 5.32 Å². The van der Waals surface area contributed by atoms with E-state index in [0.717, 1.165) is 22.1 Å². The van der Waals surface area contributed by atoms with Crippen molar-refractivity contribution in [1.29, 1.82) is 0 Å². The second-order valence-corrected chi connectivity index (χ2v) is 7.12. The van der Waals surface area contributed by atoms with Gasteiger partial charge in [-0.3, -0.25) is 0 Å². The van der Waals surface area contributed by atoms with Crippen LogP contribution >= 0.6 is 15.9 Å². The summed E-state index contributed by atoms with van der Waals surface area (Å²) in [4.78, 5) is 0. The molecule has 1 N–H and O–H groups in total. The van der Waals surface area contributed by atoms with Crippen molar-refractivity contribution in [3.63, 3.8) is 0 Å². The molecule has 2 aromatic rings. The van der Waals surface area contributed by atoms with Gasteiger partial charge in [0.15, 0.2) is 0 Å². The number of allylic oxidation sites excluding steroid dienone is 2. The third-order valence-electron chi connectivity index (χ3n) is 4.95. The lowest BCUT2D eigenvalue weighted by molar-refractivity contribution is -0.138. The summed E-state index contributed by atoms with van der Waals surface area (Å²) in [6.07, 6.45) is 0.630. The highest BCUT2D eigenvalue weighted by atomic mass is 79.9. The van der Waals surface area contributed by atoms with E-state index in [9.17, 15) is 13.2 Å². The van der Waals surface area contributed by atoms with Crippen LogP contribution in [0.5, 0.6) is 0 Å². The van der Waals surface area contributed by atoms with Gasteiger partial charge in [0, 0.05) is 10.4 Å². The van der Waals surface area contributed by atoms with Crippen LogP contribution in [0.25, 0.3) is 0 Å². The largest absolute Gasteiger partial charge is 0.416 e. The van der Waals surface area contributed by atoms with Gasteiger partial charge in [-0.25, -0.2) is 0 Å². The first kappa shape index (κ1) is 15.8. The van der Waals surface area contributed by atoms with Crippen molar-refractivity contribution in [3.05, 3.63) is 75.8 Å². The molecule has 24 heavy (non-hydrogen) atoms. The fourth-order valence-electron chi connectivity index (χ4n) is 3.92. The number of anilines is 1. The lowest BCUT2D eigenvalue weighted by Crippen LogP contribution is -2.31. The number of para-hydroxylation sites is 1. The Morgan fingerprint density at radius 1 is 1.00 bits per heavy atom. The van der Waals surface area contributed by atoms with E-state index in [-0.39, 0.29) is 17.9 Å². The summed E-state index contributed by atoms with van der Waals surface area (Å²) in [7, 11) is 0. The maximum atomic E-state index is 13.5. The van der Waals surface area contributed by atoms with Crippen molar-refractivity contribution in [2.24, 2.45) is 5.92 Å². The Labute approximate surface area is 146 Å². The van der Waals surface area contributed by atoms with Crippen LogP contribution in [0.15, 0.2) is 59.1 Å². The fraction of sp³-hybridized carbons (Fsp3) is 0.263. The van der Waals surface area contributed by atoms with Gasteiger partial charge in [-0.1, -0.05) is 42.5 Å². The molecule has 1 aliphatic heterocycles. The van der Waals surface area contributed by atoms with Crippen LogP contribution in [0.1, 0.15) is 35.1 Å². The van der Waals surface area contributed by atoms with Gasteiger partial charge < -0.3 is 5.32 Å². The first-order valence-electron chi connectivity index (χ1n) is 7.84. The molecule has 0 unspecified atom stereocenters. The molecule has 2 aliphatic rings. The Kier molecular flexibility index (Phi) is 3.71. The number of halogens is 4. The van der Waals surface area contributed by atoms with E-state index in [0.29, 0.717) is 5.56 Å². The second kappa shape index (κ2) is 5.66. The van der Waals surface area contributed by atoms with E-state index in [2.05, 4.69) is 33.4 Å². The second-order valence-electron chi connectivity index (χ2n) is 6.26. The minimum absolute atomic E-state index is 0.0929. The zero-order valence-corrected chi connectivity index (χ0v) is 14.2. The molecule has 0 aromatic heterocycles. The average molecular weight is 394 g/mol. The highest BCUT2D eigenvalue weighted by Crippen LogP contribution is 2.52. The summed E-state index contributed by atoms with van der Waals surface area (Å²) in [6.45, 7) is 0. The number of hydrogen-bond donors (Lipinski definition) is 1. The summed E-state index contributed by atoms with van der Waals surface area (Å²) >= 11 is 3.53. The quantitative estimate of drug-likeness (QED) is 0.561.